The van der Waals surface area contributed by atoms with Gasteiger partial charge in [0.25, 0.3) is 5.56 Å². The minimum Gasteiger partial charge on any atom is -0.497 e. The first-order chi connectivity index (χ1) is 16.4. The molecule has 4 aromatic rings. The van der Waals surface area contributed by atoms with Gasteiger partial charge < -0.3 is 10.1 Å². The monoisotopic (exact) mass is 473 g/mol. The number of aromatic nitrogens is 2. The van der Waals surface area contributed by atoms with Crippen molar-refractivity contribution in [2.24, 2.45) is 0 Å². The van der Waals surface area contributed by atoms with Crippen molar-refractivity contribution in [2.45, 2.75) is 37.1 Å². The summed E-state index contributed by atoms with van der Waals surface area (Å²) < 4.78 is 6.90. The first kappa shape index (κ1) is 23.6. The van der Waals surface area contributed by atoms with Gasteiger partial charge in [0.1, 0.15) is 5.75 Å². The van der Waals surface area contributed by atoms with Crippen LogP contribution >= 0.6 is 11.8 Å². The first-order valence-electron chi connectivity index (χ1n) is 11.1. The molecule has 1 aromatic heterocycles. The molecule has 0 saturated carbocycles. The van der Waals surface area contributed by atoms with Crippen molar-refractivity contribution in [3.8, 4) is 11.4 Å². The van der Waals surface area contributed by atoms with Crippen LogP contribution in [0.3, 0.4) is 0 Å². The van der Waals surface area contributed by atoms with Crippen LogP contribution in [0.4, 0.5) is 5.69 Å². The lowest BCUT2D eigenvalue weighted by Crippen LogP contribution is -2.26. The molecule has 0 bridgehead atoms. The summed E-state index contributed by atoms with van der Waals surface area (Å²) in [6, 6.07) is 22.3. The second-order valence-corrected chi connectivity index (χ2v) is 9.55. The Morgan fingerprint density at radius 3 is 2.50 bits per heavy atom. The summed E-state index contributed by atoms with van der Waals surface area (Å²) in [5.41, 5.74) is 2.89. The molecule has 0 saturated heterocycles. The van der Waals surface area contributed by atoms with Crippen molar-refractivity contribution in [1.29, 1.82) is 0 Å². The second-order valence-electron chi connectivity index (χ2n) is 8.24. The smallest absolute Gasteiger partial charge is 0.266 e. The van der Waals surface area contributed by atoms with E-state index in [0.29, 0.717) is 27.5 Å². The molecule has 6 nitrogen and oxygen atoms in total. The fraction of sp³-hybridized carbons (Fsp3) is 0.222. The van der Waals surface area contributed by atoms with Crippen molar-refractivity contribution >= 4 is 34.3 Å². The quantitative estimate of drug-likeness (QED) is 0.278. The van der Waals surface area contributed by atoms with Gasteiger partial charge in [0.05, 0.1) is 29.0 Å². The van der Waals surface area contributed by atoms with E-state index in [4.69, 9.17) is 9.72 Å². The van der Waals surface area contributed by atoms with E-state index in [1.54, 1.807) is 29.9 Å². The van der Waals surface area contributed by atoms with E-state index in [-0.39, 0.29) is 17.4 Å². The normalized spacial score (nSPS) is 12.0. The van der Waals surface area contributed by atoms with Gasteiger partial charge in [-0.1, -0.05) is 62.0 Å². The zero-order chi connectivity index (χ0) is 24.2. The molecule has 0 radical (unpaired) electrons. The summed E-state index contributed by atoms with van der Waals surface area (Å²) in [5.74, 6) is 0.752. The number of thioether (sulfide) groups is 1. The number of para-hydroxylation sites is 2. The van der Waals surface area contributed by atoms with E-state index in [0.717, 1.165) is 11.3 Å². The predicted octanol–water partition coefficient (Wildman–Crippen LogP) is 5.64. The fourth-order valence-electron chi connectivity index (χ4n) is 3.73. The van der Waals surface area contributed by atoms with Crippen LogP contribution in [-0.2, 0) is 4.79 Å². The van der Waals surface area contributed by atoms with Crippen molar-refractivity contribution in [3.05, 3.63) is 88.7 Å². The minimum atomic E-state index is -0.495. The zero-order valence-electron chi connectivity index (χ0n) is 19.6. The highest BCUT2D eigenvalue weighted by Crippen LogP contribution is 2.29. The van der Waals surface area contributed by atoms with Crippen molar-refractivity contribution in [1.82, 2.24) is 9.55 Å². The number of hydrogen-bond donors (Lipinski definition) is 1. The number of carbonyl (C=O) groups excluding carboxylic acids is 1. The molecule has 1 heterocycles. The van der Waals surface area contributed by atoms with Crippen molar-refractivity contribution in [3.63, 3.8) is 0 Å². The molecule has 174 valence electrons. The topological polar surface area (TPSA) is 73.2 Å². The number of rotatable bonds is 7. The zero-order valence-corrected chi connectivity index (χ0v) is 20.4. The fourth-order valence-corrected chi connectivity index (χ4v) is 4.66. The first-order valence-corrected chi connectivity index (χ1v) is 12.0. The van der Waals surface area contributed by atoms with Crippen LogP contribution < -0.4 is 15.6 Å². The van der Waals surface area contributed by atoms with Crippen LogP contribution in [0.25, 0.3) is 16.6 Å². The molecule has 0 aliphatic rings. The lowest BCUT2D eigenvalue weighted by Gasteiger charge is -2.18. The third-order valence-corrected chi connectivity index (χ3v) is 6.60. The summed E-state index contributed by atoms with van der Waals surface area (Å²) in [7, 11) is 1.58. The number of nitrogens with zero attached hydrogens (tertiary/aromatic N) is 2. The van der Waals surface area contributed by atoms with E-state index in [9.17, 15) is 9.59 Å². The molecule has 1 atom stereocenters. The van der Waals surface area contributed by atoms with Gasteiger partial charge in [-0.2, -0.15) is 0 Å². The highest BCUT2D eigenvalue weighted by molar-refractivity contribution is 8.00. The number of carbonyl (C=O) groups is 1. The van der Waals surface area contributed by atoms with Gasteiger partial charge in [-0.25, -0.2) is 4.98 Å². The predicted molar refractivity (Wildman–Crippen MR) is 138 cm³/mol. The van der Waals surface area contributed by atoms with Gasteiger partial charge in [0, 0.05) is 11.8 Å². The van der Waals surface area contributed by atoms with Gasteiger partial charge in [-0.15, -0.1) is 0 Å². The molecule has 7 heteroatoms. The van der Waals surface area contributed by atoms with E-state index >= 15 is 0 Å². The number of fused-ring (bicyclic) bond motifs is 1. The van der Waals surface area contributed by atoms with E-state index in [2.05, 4.69) is 19.2 Å². The lowest BCUT2D eigenvalue weighted by molar-refractivity contribution is -0.115. The molecular formula is C27H27N3O3S. The number of ether oxygens (including phenoxy) is 1. The molecule has 1 amide bonds. The summed E-state index contributed by atoms with van der Waals surface area (Å²) in [6.45, 7) is 6.00. The van der Waals surface area contributed by atoms with E-state index in [1.807, 2.05) is 61.5 Å². The summed E-state index contributed by atoms with van der Waals surface area (Å²) in [4.78, 5) is 31.3. The minimum absolute atomic E-state index is 0.155. The maximum Gasteiger partial charge on any atom is 0.266 e. The van der Waals surface area contributed by atoms with Crippen molar-refractivity contribution < 1.29 is 9.53 Å². The molecule has 0 fully saturated rings. The molecule has 34 heavy (non-hydrogen) atoms. The molecule has 0 spiro atoms. The maximum atomic E-state index is 13.5. The van der Waals surface area contributed by atoms with Crippen LogP contribution in [0, 0.1) is 0 Å². The summed E-state index contributed by atoms with van der Waals surface area (Å²) in [5, 5.41) is 3.50. The van der Waals surface area contributed by atoms with Crippen LogP contribution in [0.5, 0.6) is 5.75 Å². The Kier molecular flexibility index (Phi) is 7.03. The molecule has 1 N–H and O–H groups in total. The molecule has 4 rings (SSSR count). The summed E-state index contributed by atoms with van der Waals surface area (Å²) in [6.07, 6.45) is 0. The largest absolute Gasteiger partial charge is 0.497 e. The number of nitrogens with one attached hydrogen (secondary N) is 1. The van der Waals surface area contributed by atoms with Gasteiger partial charge >= 0.3 is 0 Å². The number of benzene rings is 3. The Morgan fingerprint density at radius 1 is 1.00 bits per heavy atom. The number of anilines is 1. The molecule has 0 aliphatic carbocycles. The molecule has 0 aliphatic heterocycles. The second kappa shape index (κ2) is 10.1. The van der Waals surface area contributed by atoms with Crippen molar-refractivity contribution in [2.75, 3.05) is 12.4 Å². The number of methoxy groups -OCH3 is 1. The average molecular weight is 474 g/mol. The maximum absolute atomic E-state index is 13.5. The number of amides is 1. The van der Waals surface area contributed by atoms with Crippen LogP contribution in [-0.4, -0.2) is 27.8 Å². The molecule has 1 unspecified atom stereocenters. The Hall–Kier alpha value is -3.58. The third-order valence-electron chi connectivity index (χ3n) is 5.55. The van der Waals surface area contributed by atoms with Crippen LogP contribution in [0.15, 0.2) is 82.7 Å². The van der Waals surface area contributed by atoms with Gasteiger partial charge in [-0.05, 0) is 48.7 Å². The van der Waals surface area contributed by atoms with E-state index in [1.165, 1.54) is 11.8 Å². The Bertz CT molecular complexity index is 1400. The summed E-state index contributed by atoms with van der Waals surface area (Å²) >= 11 is 1.25. The van der Waals surface area contributed by atoms with Gasteiger partial charge in [0.2, 0.25) is 5.91 Å². The highest BCUT2D eigenvalue weighted by Gasteiger charge is 2.21. The lowest BCUT2D eigenvalue weighted by atomic mass is 10.0. The Labute approximate surface area is 203 Å². The third kappa shape index (κ3) is 4.84. The van der Waals surface area contributed by atoms with Crippen LogP contribution in [0.1, 0.15) is 32.3 Å². The van der Waals surface area contributed by atoms with E-state index < -0.39 is 5.25 Å². The molecule has 3 aromatic carbocycles. The number of hydrogen-bond acceptors (Lipinski definition) is 5. The van der Waals surface area contributed by atoms with Crippen LogP contribution in [0.2, 0.25) is 0 Å². The SMILES string of the molecule is COc1cccc(-n2c(SC(C)C(=O)Nc3ccccc3C(C)C)nc3ccccc3c2=O)c1. The average Bonchev–Trinajstić information content (AvgIpc) is 2.84. The standard InChI is InChI=1S/C27H27N3O3S/c1-17(2)21-12-5-7-14-23(21)28-25(31)18(3)34-27-29-24-15-8-6-13-22(24)26(32)30(27)19-10-9-11-20(16-19)33-4/h5-18H,1-4H3,(H,28,31). The van der Waals surface area contributed by atoms with Gasteiger partial charge in [0.15, 0.2) is 5.16 Å². The molecular weight excluding hydrogens is 446 g/mol. The highest BCUT2D eigenvalue weighted by atomic mass is 32.2. The Balaban J connectivity index is 1.72. The van der Waals surface area contributed by atoms with Gasteiger partial charge in [-0.3, -0.25) is 14.2 Å². The Morgan fingerprint density at radius 2 is 1.74 bits per heavy atom.